The summed E-state index contributed by atoms with van der Waals surface area (Å²) in [5, 5.41) is 2.62. The Kier molecular flexibility index (Phi) is 3.99. The van der Waals surface area contributed by atoms with E-state index in [2.05, 4.69) is 15.3 Å². The van der Waals surface area contributed by atoms with Crippen molar-refractivity contribution in [3.8, 4) is 0 Å². The van der Waals surface area contributed by atoms with Crippen LogP contribution < -0.4 is 5.32 Å². The predicted molar refractivity (Wildman–Crippen MR) is 69.9 cm³/mol. The second kappa shape index (κ2) is 5.52. The molecule has 1 aromatic rings. The van der Waals surface area contributed by atoms with E-state index in [1.165, 1.54) is 4.90 Å². The molecule has 1 aromatic heterocycles. The van der Waals surface area contributed by atoms with Crippen molar-refractivity contribution < 1.29 is 9.59 Å². The lowest BCUT2D eigenvalue weighted by Gasteiger charge is -2.22. The van der Waals surface area contributed by atoms with Gasteiger partial charge in [-0.15, -0.1) is 0 Å². The van der Waals surface area contributed by atoms with Gasteiger partial charge in [-0.3, -0.25) is 9.59 Å². The third-order valence-corrected chi connectivity index (χ3v) is 3.28. The summed E-state index contributed by atoms with van der Waals surface area (Å²) in [5.74, 6) is -0.429. The van der Waals surface area contributed by atoms with Gasteiger partial charge >= 0.3 is 0 Å². The highest BCUT2D eigenvalue weighted by molar-refractivity contribution is 6.28. The summed E-state index contributed by atoms with van der Waals surface area (Å²) < 4.78 is 0. The van der Waals surface area contributed by atoms with Gasteiger partial charge in [-0.1, -0.05) is 0 Å². The van der Waals surface area contributed by atoms with Crippen molar-refractivity contribution in [2.24, 2.45) is 0 Å². The van der Waals surface area contributed by atoms with Crippen molar-refractivity contribution in [3.05, 3.63) is 22.7 Å². The summed E-state index contributed by atoms with van der Waals surface area (Å²) in [5.41, 5.74) is 0.854. The maximum atomic E-state index is 12.4. The van der Waals surface area contributed by atoms with Crippen LogP contribution in [0, 0.1) is 6.92 Å². The van der Waals surface area contributed by atoms with E-state index in [4.69, 9.17) is 11.6 Å². The van der Waals surface area contributed by atoms with E-state index in [0.29, 0.717) is 18.7 Å². The van der Waals surface area contributed by atoms with Gasteiger partial charge in [0, 0.05) is 19.3 Å². The number of amides is 2. The molecule has 1 aliphatic rings. The number of likely N-dealkylation sites (tertiary alicyclic amines) is 1. The molecule has 1 unspecified atom stereocenters. The Morgan fingerprint density at radius 2 is 2.21 bits per heavy atom. The van der Waals surface area contributed by atoms with Gasteiger partial charge in [0.2, 0.25) is 11.2 Å². The van der Waals surface area contributed by atoms with E-state index in [0.717, 1.165) is 6.42 Å². The molecule has 1 aliphatic heterocycles. The minimum Gasteiger partial charge on any atom is -0.357 e. The van der Waals surface area contributed by atoms with Gasteiger partial charge in [-0.2, -0.15) is 0 Å². The number of hydrogen-bond donors (Lipinski definition) is 1. The largest absolute Gasteiger partial charge is 0.357 e. The van der Waals surface area contributed by atoms with Gasteiger partial charge in [-0.05, 0) is 37.4 Å². The Balaban J connectivity index is 2.25. The maximum Gasteiger partial charge on any atom is 0.273 e. The molecule has 1 N–H and O–H groups in total. The summed E-state index contributed by atoms with van der Waals surface area (Å²) in [7, 11) is 1.56. The van der Waals surface area contributed by atoms with Crippen LogP contribution in [0.25, 0.3) is 0 Å². The molecule has 1 fully saturated rings. The summed E-state index contributed by atoms with van der Waals surface area (Å²) >= 11 is 5.75. The first-order chi connectivity index (χ1) is 9.02. The lowest BCUT2D eigenvalue weighted by Crippen LogP contribution is -2.45. The molecule has 0 bridgehead atoms. The van der Waals surface area contributed by atoms with E-state index in [9.17, 15) is 9.59 Å². The first kappa shape index (κ1) is 13.7. The third-order valence-electron chi connectivity index (χ3n) is 3.11. The van der Waals surface area contributed by atoms with Crippen LogP contribution in [0.15, 0.2) is 6.07 Å². The van der Waals surface area contributed by atoms with Crippen LogP contribution in [0.1, 0.15) is 29.0 Å². The number of rotatable bonds is 2. The monoisotopic (exact) mass is 282 g/mol. The number of hydrogen-bond acceptors (Lipinski definition) is 4. The molecule has 2 heterocycles. The van der Waals surface area contributed by atoms with E-state index in [1.54, 1.807) is 20.0 Å². The van der Waals surface area contributed by atoms with E-state index in [1.807, 2.05) is 0 Å². The highest BCUT2D eigenvalue weighted by Crippen LogP contribution is 2.20. The Labute approximate surface area is 116 Å². The van der Waals surface area contributed by atoms with Crippen molar-refractivity contribution in [1.82, 2.24) is 20.2 Å². The number of carbonyl (C=O) groups is 2. The van der Waals surface area contributed by atoms with Crippen LogP contribution in [-0.4, -0.2) is 46.3 Å². The second-order valence-corrected chi connectivity index (χ2v) is 4.77. The highest BCUT2D eigenvalue weighted by Gasteiger charge is 2.34. The minimum atomic E-state index is -0.424. The molecular formula is C12H15ClN4O2. The molecule has 0 aliphatic carbocycles. The lowest BCUT2D eigenvalue weighted by molar-refractivity contribution is -0.124. The fraction of sp³-hybridized carbons (Fsp3) is 0.500. The first-order valence-electron chi connectivity index (χ1n) is 6.06. The maximum absolute atomic E-state index is 12.4. The fourth-order valence-electron chi connectivity index (χ4n) is 2.24. The van der Waals surface area contributed by atoms with Crippen molar-refractivity contribution in [2.75, 3.05) is 13.6 Å². The van der Waals surface area contributed by atoms with Crippen molar-refractivity contribution in [1.29, 1.82) is 0 Å². The summed E-state index contributed by atoms with van der Waals surface area (Å²) in [6, 6.07) is 1.15. The second-order valence-electron chi connectivity index (χ2n) is 4.43. The molecule has 2 amide bonds. The van der Waals surface area contributed by atoms with E-state index in [-0.39, 0.29) is 22.8 Å². The van der Waals surface area contributed by atoms with Gasteiger partial charge in [0.05, 0.1) is 0 Å². The van der Waals surface area contributed by atoms with Crippen LogP contribution in [0.4, 0.5) is 0 Å². The average molecular weight is 283 g/mol. The van der Waals surface area contributed by atoms with Gasteiger partial charge in [0.1, 0.15) is 11.7 Å². The van der Waals surface area contributed by atoms with Gasteiger partial charge in [-0.25, -0.2) is 9.97 Å². The van der Waals surface area contributed by atoms with Crippen LogP contribution in [-0.2, 0) is 4.79 Å². The Hall–Kier alpha value is -1.69. The Bertz CT molecular complexity index is 500. The fourth-order valence-corrected chi connectivity index (χ4v) is 2.46. The number of nitrogens with one attached hydrogen (secondary N) is 1. The Morgan fingerprint density at radius 3 is 2.84 bits per heavy atom. The molecule has 1 atom stereocenters. The molecule has 6 nitrogen and oxygen atoms in total. The number of halogens is 1. The van der Waals surface area contributed by atoms with Crippen LogP contribution in [0.3, 0.4) is 0 Å². The van der Waals surface area contributed by atoms with Gasteiger partial charge in [0.15, 0.2) is 0 Å². The molecule has 0 aromatic carbocycles. The van der Waals surface area contributed by atoms with Crippen molar-refractivity contribution in [3.63, 3.8) is 0 Å². The number of nitrogens with zero attached hydrogens (tertiary/aromatic N) is 3. The smallest absolute Gasteiger partial charge is 0.273 e. The molecule has 1 saturated heterocycles. The minimum absolute atomic E-state index is 0.0408. The average Bonchev–Trinajstić information content (AvgIpc) is 2.84. The topological polar surface area (TPSA) is 75.2 Å². The molecule has 0 saturated carbocycles. The van der Waals surface area contributed by atoms with Crippen LogP contribution in [0.5, 0.6) is 0 Å². The summed E-state index contributed by atoms with van der Waals surface area (Å²) in [6.07, 6.45) is 1.48. The van der Waals surface area contributed by atoms with Crippen molar-refractivity contribution in [2.45, 2.75) is 25.8 Å². The zero-order valence-electron chi connectivity index (χ0n) is 10.8. The SMILES string of the molecule is CNC(=O)C1CCCN1C(=O)c1cc(C)nc(Cl)n1. The molecule has 0 spiro atoms. The number of carbonyl (C=O) groups excluding carboxylic acids is 2. The van der Waals surface area contributed by atoms with Crippen LogP contribution in [0.2, 0.25) is 5.28 Å². The first-order valence-corrected chi connectivity index (χ1v) is 6.44. The third kappa shape index (κ3) is 2.84. The van der Waals surface area contributed by atoms with Gasteiger partial charge in [0.25, 0.3) is 5.91 Å². The molecule has 0 radical (unpaired) electrons. The highest BCUT2D eigenvalue weighted by atomic mass is 35.5. The quantitative estimate of drug-likeness (QED) is 0.814. The molecular weight excluding hydrogens is 268 g/mol. The summed E-state index contributed by atoms with van der Waals surface area (Å²) in [6.45, 7) is 2.29. The summed E-state index contributed by atoms with van der Waals surface area (Å²) in [4.78, 5) is 33.5. The van der Waals surface area contributed by atoms with E-state index < -0.39 is 6.04 Å². The van der Waals surface area contributed by atoms with E-state index >= 15 is 0 Å². The Morgan fingerprint density at radius 1 is 1.47 bits per heavy atom. The molecule has 2 rings (SSSR count). The number of aryl methyl sites for hydroxylation is 1. The number of aromatic nitrogens is 2. The molecule has 19 heavy (non-hydrogen) atoms. The normalized spacial score (nSPS) is 18.5. The zero-order valence-corrected chi connectivity index (χ0v) is 11.6. The predicted octanol–water partition coefficient (Wildman–Crippen LogP) is 0.789. The van der Waals surface area contributed by atoms with Gasteiger partial charge < -0.3 is 10.2 Å². The standard InChI is InChI=1S/C12H15ClN4O2/c1-7-6-8(16-12(13)15-7)11(19)17-5-3-4-9(17)10(18)14-2/h6,9H,3-5H2,1-2H3,(H,14,18). The van der Waals surface area contributed by atoms with Crippen LogP contribution >= 0.6 is 11.6 Å². The lowest BCUT2D eigenvalue weighted by atomic mass is 10.2. The molecule has 102 valence electrons. The van der Waals surface area contributed by atoms with Crippen molar-refractivity contribution >= 4 is 23.4 Å². The number of likely N-dealkylation sites (N-methyl/N-ethyl adjacent to an activating group) is 1. The zero-order chi connectivity index (χ0) is 14.0. The molecule has 7 heteroatoms.